The predicted molar refractivity (Wildman–Crippen MR) is 126 cm³/mol. The number of nitrogens with zero attached hydrogens (tertiary/aromatic N) is 2. The molecule has 2 aliphatic heterocycles. The van der Waals surface area contributed by atoms with Gasteiger partial charge in [-0.1, -0.05) is 43.9 Å². The van der Waals surface area contributed by atoms with Gasteiger partial charge in [-0.15, -0.1) is 0 Å². The predicted octanol–water partition coefficient (Wildman–Crippen LogP) is 3.66. The minimum Gasteiger partial charge on any atom is -0.493 e. The number of para-hydroxylation sites is 1. The lowest BCUT2D eigenvalue weighted by molar-refractivity contribution is -0.123. The van der Waals surface area contributed by atoms with E-state index in [1.807, 2.05) is 0 Å². The van der Waals surface area contributed by atoms with Crippen molar-refractivity contribution < 1.29 is 23.9 Å². The summed E-state index contributed by atoms with van der Waals surface area (Å²) in [6.07, 6.45) is 5.75. The van der Waals surface area contributed by atoms with Gasteiger partial charge in [-0.3, -0.25) is 19.3 Å². The smallest absolute Gasteiger partial charge is 0.264 e. The van der Waals surface area contributed by atoms with E-state index in [-0.39, 0.29) is 30.3 Å². The standard InChI is InChI=1S/C26H29N3O5/c1-33-20-14-13-18-22(23(20)34-2)26(32)29-19-12-8-7-11-17(19)25(31)28(24(18)29)15-21(30)27-16-9-5-3-4-6-10-16/h7-8,11-14,16,24H,3-6,9-10,15H2,1-2H3,(H,27,30)/t24-/m0/s1. The Kier molecular flexibility index (Phi) is 5.89. The highest BCUT2D eigenvalue weighted by Gasteiger charge is 2.50. The van der Waals surface area contributed by atoms with Crippen molar-refractivity contribution in [3.8, 4) is 11.5 Å². The van der Waals surface area contributed by atoms with Crippen LogP contribution in [0.3, 0.4) is 0 Å². The van der Waals surface area contributed by atoms with Crippen LogP contribution in [0.1, 0.15) is 71.0 Å². The van der Waals surface area contributed by atoms with Gasteiger partial charge in [0, 0.05) is 11.6 Å². The molecule has 34 heavy (non-hydrogen) atoms. The molecule has 8 heteroatoms. The Bertz CT molecular complexity index is 1140. The molecule has 8 nitrogen and oxygen atoms in total. The van der Waals surface area contributed by atoms with Crippen LogP contribution in [0.25, 0.3) is 0 Å². The minimum absolute atomic E-state index is 0.125. The van der Waals surface area contributed by atoms with Crippen molar-refractivity contribution in [2.75, 3.05) is 25.7 Å². The Hall–Kier alpha value is -3.55. The molecule has 0 saturated heterocycles. The topological polar surface area (TPSA) is 88.2 Å². The second-order valence-corrected chi connectivity index (χ2v) is 9.02. The van der Waals surface area contributed by atoms with E-state index in [9.17, 15) is 14.4 Å². The lowest BCUT2D eigenvalue weighted by atomic mass is 10.0. The third kappa shape index (κ3) is 3.57. The average molecular weight is 464 g/mol. The second kappa shape index (κ2) is 9.00. The van der Waals surface area contributed by atoms with Gasteiger partial charge in [0.15, 0.2) is 11.5 Å². The first kappa shape index (κ1) is 22.3. The maximum absolute atomic E-state index is 13.7. The zero-order valence-corrected chi connectivity index (χ0v) is 19.5. The number of carbonyl (C=O) groups is 3. The molecule has 2 aromatic carbocycles. The maximum atomic E-state index is 13.7. The highest BCUT2D eigenvalue weighted by molar-refractivity contribution is 6.18. The minimum atomic E-state index is -0.732. The van der Waals surface area contributed by atoms with Gasteiger partial charge in [0.05, 0.1) is 31.0 Å². The number of hydrogen-bond donors (Lipinski definition) is 1. The molecule has 1 aliphatic carbocycles. The summed E-state index contributed by atoms with van der Waals surface area (Å²) >= 11 is 0. The van der Waals surface area contributed by atoms with Crippen molar-refractivity contribution in [3.05, 3.63) is 53.1 Å². The van der Waals surface area contributed by atoms with Crippen molar-refractivity contribution in [2.24, 2.45) is 0 Å². The van der Waals surface area contributed by atoms with Crippen LogP contribution in [0, 0.1) is 0 Å². The fourth-order valence-corrected chi connectivity index (χ4v) is 5.44. The fourth-order valence-electron chi connectivity index (χ4n) is 5.44. The largest absolute Gasteiger partial charge is 0.493 e. The van der Waals surface area contributed by atoms with Gasteiger partial charge in [-0.05, 0) is 31.0 Å². The third-order valence-corrected chi connectivity index (χ3v) is 7.02. The summed E-state index contributed by atoms with van der Waals surface area (Å²) in [6.45, 7) is -0.133. The summed E-state index contributed by atoms with van der Waals surface area (Å²) in [5.41, 5.74) is 1.89. The zero-order chi connectivity index (χ0) is 23.8. The van der Waals surface area contributed by atoms with Gasteiger partial charge in [0.1, 0.15) is 12.7 Å². The number of fused-ring (bicyclic) bond motifs is 5. The number of methoxy groups -OCH3 is 2. The molecule has 2 heterocycles. The molecular weight excluding hydrogens is 434 g/mol. The summed E-state index contributed by atoms with van der Waals surface area (Å²) in [5.74, 6) is -0.00645. The summed E-state index contributed by atoms with van der Waals surface area (Å²) in [4.78, 5) is 43.5. The number of amides is 3. The summed E-state index contributed by atoms with van der Waals surface area (Å²) in [6, 6.07) is 10.6. The molecule has 5 rings (SSSR count). The highest BCUT2D eigenvalue weighted by Crippen LogP contribution is 2.49. The Morgan fingerprint density at radius 1 is 0.971 bits per heavy atom. The van der Waals surface area contributed by atoms with Crippen molar-refractivity contribution >= 4 is 23.4 Å². The van der Waals surface area contributed by atoms with Crippen molar-refractivity contribution in [2.45, 2.75) is 50.7 Å². The lowest BCUT2D eigenvalue weighted by Crippen LogP contribution is -2.52. The SMILES string of the molecule is COc1ccc2c(c1OC)C(=O)N1c3ccccc3C(=O)N(CC(=O)NC3CCCCCC3)[C@H]21. The second-order valence-electron chi connectivity index (χ2n) is 9.02. The van der Waals surface area contributed by atoms with Crippen LogP contribution in [0.5, 0.6) is 11.5 Å². The number of nitrogens with one attached hydrogen (secondary N) is 1. The van der Waals surface area contributed by atoms with Gasteiger partial charge in [0.25, 0.3) is 11.8 Å². The highest BCUT2D eigenvalue weighted by atomic mass is 16.5. The normalized spacial score (nSPS) is 19.8. The molecule has 1 fully saturated rings. The molecule has 1 N–H and O–H groups in total. The lowest BCUT2D eigenvalue weighted by Gasteiger charge is -2.40. The Morgan fingerprint density at radius 2 is 1.71 bits per heavy atom. The monoisotopic (exact) mass is 463 g/mol. The van der Waals surface area contributed by atoms with E-state index in [2.05, 4.69) is 5.32 Å². The van der Waals surface area contributed by atoms with Gasteiger partial charge >= 0.3 is 0 Å². The molecule has 0 spiro atoms. The molecule has 1 saturated carbocycles. The molecule has 0 bridgehead atoms. The Morgan fingerprint density at radius 3 is 2.41 bits per heavy atom. The van der Waals surface area contributed by atoms with Crippen LogP contribution in [-0.2, 0) is 4.79 Å². The number of ether oxygens (including phenoxy) is 2. The van der Waals surface area contributed by atoms with E-state index in [0.29, 0.717) is 33.9 Å². The molecule has 0 radical (unpaired) electrons. The van der Waals surface area contributed by atoms with Gasteiger partial charge in [-0.25, -0.2) is 0 Å². The van der Waals surface area contributed by atoms with Gasteiger partial charge in [-0.2, -0.15) is 0 Å². The quantitative estimate of drug-likeness (QED) is 0.684. The maximum Gasteiger partial charge on any atom is 0.264 e. The van der Waals surface area contributed by atoms with Crippen molar-refractivity contribution in [1.29, 1.82) is 0 Å². The number of benzene rings is 2. The molecule has 1 atom stereocenters. The van der Waals surface area contributed by atoms with E-state index in [4.69, 9.17) is 9.47 Å². The first-order valence-electron chi connectivity index (χ1n) is 11.8. The molecule has 178 valence electrons. The van der Waals surface area contributed by atoms with E-state index in [1.165, 1.54) is 32.0 Å². The number of anilines is 1. The Labute approximate surface area is 198 Å². The van der Waals surface area contributed by atoms with E-state index >= 15 is 0 Å². The van der Waals surface area contributed by atoms with Crippen LogP contribution in [-0.4, -0.2) is 49.4 Å². The van der Waals surface area contributed by atoms with Crippen LogP contribution >= 0.6 is 0 Å². The van der Waals surface area contributed by atoms with E-state index in [1.54, 1.807) is 41.3 Å². The number of rotatable bonds is 5. The zero-order valence-electron chi connectivity index (χ0n) is 19.5. The number of hydrogen-bond acceptors (Lipinski definition) is 5. The van der Waals surface area contributed by atoms with Crippen molar-refractivity contribution in [3.63, 3.8) is 0 Å². The van der Waals surface area contributed by atoms with E-state index in [0.717, 1.165) is 25.7 Å². The number of carbonyl (C=O) groups excluding carboxylic acids is 3. The first-order chi connectivity index (χ1) is 16.5. The summed E-state index contributed by atoms with van der Waals surface area (Å²) in [7, 11) is 3.00. The summed E-state index contributed by atoms with van der Waals surface area (Å²) in [5, 5.41) is 3.13. The van der Waals surface area contributed by atoms with Crippen LogP contribution < -0.4 is 19.7 Å². The van der Waals surface area contributed by atoms with Gasteiger partial charge in [0.2, 0.25) is 5.91 Å². The fraction of sp³-hybridized carbons (Fsp3) is 0.423. The third-order valence-electron chi connectivity index (χ3n) is 7.02. The first-order valence-corrected chi connectivity index (χ1v) is 11.8. The van der Waals surface area contributed by atoms with Gasteiger partial charge < -0.3 is 19.7 Å². The van der Waals surface area contributed by atoms with Crippen LogP contribution in [0.2, 0.25) is 0 Å². The molecule has 0 unspecified atom stereocenters. The molecule has 0 aromatic heterocycles. The van der Waals surface area contributed by atoms with E-state index < -0.39 is 6.17 Å². The average Bonchev–Trinajstić information content (AvgIpc) is 2.98. The summed E-state index contributed by atoms with van der Waals surface area (Å²) < 4.78 is 10.9. The van der Waals surface area contributed by atoms with Crippen molar-refractivity contribution in [1.82, 2.24) is 10.2 Å². The molecule has 2 aromatic rings. The molecular formula is C26H29N3O5. The van der Waals surface area contributed by atoms with Crippen LogP contribution in [0.4, 0.5) is 5.69 Å². The molecule has 3 amide bonds. The molecule has 3 aliphatic rings. The Balaban J connectivity index is 1.54. The van der Waals surface area contributed by atoms with Crippen LogP contribution in [0.15, 0.2) is 36.4 Å².